The summed E-state index contributed by atoms with van der Waals surface area (Å²) >= 11 is 0. The second kappa shape index (κ2) is 6.48. The third-order valence-corrected chi connectivity index (χ3v) is 4.62. The van der Waals surface area contributed by atoms with E-state index in [9.17, 15) is 9.59 Å². The van der Waals surface area contributed by atoms with Crippen LogP contribution in [0.5, 0.6) is 0 Å². The minimum atomic E-state index is -0.333. The van der Waals surface area contributed by atoms with Crippen molar-refractivity contribution in [2.24, 2.45) is 11.7 Å². The summed E-state index contributed by atoms with van der Waals surface area (Å²) in [7, 11) is 0. The van der Waals surface area contributed by atoms with E-state index < -0.39 is 0 Å². The highest BCUT2D eigenvalue weighted by atomic mass is 16.2. The molecule has 1 fully saturated rings. The lowest BCUT2D eigenvalue weighted by molar-refractivity contribution is -0.129. The van der Waals surface area contributed by atoms with E-state index in [4.69, 9.17) is 5.73 Å². The molecule has 0 radical (unpaired) electrons. The van der Waals surface area contributed by atoms with E-state index in [0.29, 0.717) is 6.54 Å². The summed E-state index contributed by atoms with van der Waals surface area (Å²) in [6.45, 7) is 1.71. The molecule has 2 atom stereocenters. The highest BCUT2D eigenvalue weighted by molar-refractivity contribution is 5.80. The minimum absolute atomic E-state index is 0.0427. The molecule has 120 valence electrons. The maximum Gasteiger partial charge on any atom is 0.231 e. The molecule has 1 aromatic rings. The highest BCUT2D eigenvalue weighted by Crippen LogP contribution is 2.21. The molecule has 0 saturated carbocycles. The van der Waals surface area contributed by atoms with Crippen LogP contribution in [0.15, 0.2) is 6.20 Å². The van der Waals surface area contributed by atoms with Crippen LogP contribution in [-0.2, 0) is 22.4 Å². The van der Waals surface area contributed by atoms with Gasteiger partial charge in [0.25, 0.3) is 0 Å². The molecule has 0 aromatic carbocycles. The van der Waals surface area contributed by atoms with Crippen LogP contribution in [-0.4, -0.2) is 52.6 Å². The van der Waals surface area contributed by atoms with E-state index in [1.807, 2.05) is 11.1 Å². The molecule has 2 heterocycles. The van der Waals surface area contributed by atoms with Gasteiger partial charge in [0.15, 0.2) is 0 Å². The Balaban J connectivity index is 1.52. The summed E-state index contributed by atoms with van der Waals surface area (Å²) in [6, 6.07) is 0.184. The summed E-state index contributed by atoms with van der Waals surface area (Å²) in [5, 5.41) is 10.2. The Labute approximate surface area is 129 Å². The Kier molecular flexibility index (Phi) is 4.42. The van der Waals surface area contributed by atoms with Crippen LogP contribution < -0.4 is 11.1 Å². The molecule has 2 unspecified atom stereocenters. The fourth-order valence-electron chi connectivity index (χ4n) is 3.49. The SMILES string of the molecule is NC(=O)CN1CCCC(C(=O)NC2CCc3[nH]ncc3C2)C1. The molecule has 1 saturated heterocycles. The average Bonchev–Trinajstić information content (AvgIpc) is 2.94. The molecule has 0 spiro atoms. The normalized spacial score (nSPS) is 25.5. The Bertz CT molecular complexity index is 556. The number of primary amides is 1. The summed E-state index contributed by atoms with van der Waals surface area (Å²) in [4.78, 5) is 25.5. The summed E-state index contributed by atoms with van der Waals surface area (Å²) in [6.07, 6.45) is 6.38. The molecule has 3 rings (SSSR count). The average molecular weight is 305 g/mol. The lowest BCUT2D eigenvalue weighted by Gasteiger charge is -2.32. The highest BCUT2D eigenvalue weighted by Gasteiger charge is 2.29. The van der Waals surface area contributed by atoms with Gasteiger partial charge < -0.3 is 11.1 Å². The number of aryl methyl sites for hydroxylation is 1. The molecule has 1 aliphatic heterocycles. The molecule has 7 nitrogen and oxygen atoms in total. The van der Waals surface area contributed by atoms with E-state index in [1.54, 1.807) is 0 Å². The van der Waals surface area contributed by atoms with Crippen molar-refractivity contribution in [3.8, 4) is 0 Å². The smallest absolute Gasteiger partial charge is 0.231 e. The summed E-state index contributed by atoms with van der Waals surface area (Å²) in [5.41, 5.74) is 7.63. The van der Waals surface area contributed by atoms with Crippen molar-refractivity contribution in [2.75, 3.05) is 19.6 Å². The van der Waals surface area contributed by atoms with E-state index in [-0.39, 0.29) is 30.3 Å². The molecule has 2 amide bonds. The van der Waals surface area contributed by atoms with Crippen molar-refractivity contribution in [2.45, 2.75) is 38.1 Å². The lowest BCUT2D eigenvalue weighted by atomic mass is 9.92. The maximum absolute atomic E-state index is 12.5. The van der Waals surface area contributed by atoms with Crippen LogP contribution in [0.3, 0.4) is 0 Å². The summed E-state index contributed by atoms with van der Waals surface area (Å²) < 4.78 is 0. The number of likely N-dealkylation sites (tertiary alicyclic amines) is 1. The number of nitrogens with one attached hydrogen (secondary N) is 2. The maximum atomic E-state index is 12.5. The van der Waals surface area contributed by atoms with Gasteiger partial charge in [-0.15, -0.1) is 0 Å². The van der Waals surface area contributed by atoms with Crippen LogP contribution in [0.2, 0.25) is 0 Å². The number of amides is 2. The van der Waals surface area contributed by atoms with Crippen molar-refractivity contribution in [1.82, 2.24) is 20.4 Å². The van der Waals surface area contributed by atoms with Crippen molar-refractivity contribution < 1.29 is 9.59 Å². The van der Waals surface area contributed by atoms with Crippen LogP contribution in [0.4, 0.5) is 0 Å². The van der Waals surface area contributed by atoms with Gasteiger partial charge in [0.1, 0.15) is 0 Å². The number of hydrogen-bond acceptors (Lipinski definition) is 4. The van der Waals surface area contributed by atoms with E-state index in [0.717, 1.165) is 38.6 Å². The fourth-order valence-corrected chi connectivity index (χ4v) is 3.49. The predicted octanol–water partition coefficient (Wildman–Crippen LogP) is -0.419. The lowest BCUT2D eigenvalue weighted by Crippen LogP contribution is -2.48. The van der Waals surface area contributed by atoms with Crippen LogP contribution in [0, 0.1) is 5.92 Å². The largest absolute Gasteiger partial charge is 0.369 e. The van der Waals surface area contributed by atoms with Crippen molar-refractivity contribution in [3.05, 3.63) is 17.5 Å². The summed E-state index contributed by atoms with van der Waals surface area (Å²) in [5.74, 6) is -0.272. The van der Waals surface area contributed by atoms with Gasteiger partial charge in [-0.2, -0.15) is 5.10 Å². The second-order valence-corrected chi connectivity index (χ2v) is 6.36. The van der Waals surface area contributed by atoms with Gasteiger partial charge in [0.2, 0.25) is 11.8 Å². The minimum Gasteiger partial charge on any atom is -0.369 e. The van der Waals surface area contributed by atoms with Gasteiger partial charge >= 0.3 is 0 Å². The number of fused-ring (bicyclic) bond motifs is 1. The van der Waals surface area contributed by atoms with Gasteiger partial charge in [0, 0.05) is 18.3 Å². The number of aromatic nitrogens is 2. The number of rotatable bonds is 4. The first kappa shape index (κ1) is 15.0. The zero-order valence-corrected chi connectivity index (χ0v) is 12.7. The van der Waals surface area contributed by atoms with Gasteiger partial charge in [-0.05, 0) is 44.2 Å². The number of carbonyl (C=O) groups is 2. The first-order valence-electron chi connectivity index (χ1n) is 7.94. The van der Waals surface area contributed by atoms with Gasteiger partial charge in [-0.3, -0.25) is 19.6 Å². The van der Waals surface area contributed by atoms with Crippen LogP contribution >= 0.6 is 0 Å². The second-order valence-electron chi connectivity index (χ2n) is 6.36. The molecule has 22 heavy (non-hydrogen) atoms. The van der Waals surface area contributed by atoms with E-state index in [2.05, 4.69) is 15.5 Å². The number of aromatic amines is 1. The molecule has 2 aliphatic rings. The molecular weight excluding hydrogens is 282 g/mol. The Morgan fingerprint density at radius 2 is 2.32 bits per heavy atom. The topological polar surface area (TPSA) is 104 Å². The molecule has 4 N–H and O–H groups in total. The van der Waals surface area contributed by atoms with Crippen molar-refractivity contribution in [1.29, 1.82) is 0 Å². The van der Waals surface area contributed by atoms with Gasteiger partial charge in [-0.25, -0.2) is 0 Å². The third kappa shape index (κ3) is 3.47. The number of nitrogens with zero attached hydrogens (tertiary/aromatic N) is 2. The fraction of sp³-hybridized carbons (Fsp3) is 0.667. The first-order valence-corrected chi connectivity index (χ1v) is 7.94. The molecule has 7 heteroatoms. The molecule has 1 aromatic heterocycles. The van der Waals surface area contributed by atoms with Crippen LogP contribution in [0.1, 0.15) is 30.5 Å². The zero-order valence-electron chi connectivity index (χ0n) is 12.7. The molecule has 1 aliphatic carbocycles. The van der Waals surface area contributed by atoms with Crippen molar-refractivity contribution >= 4 is 11.8 Å². The van der Waals surface area contributed by atoms with E-state index in [1.165, 1.54) is 11.3 Å². The number of piperidine rings is 1. The van der Waals surface area contributed by atoms with Gasteiger partial charge in [-0.1, -0.05) is 0 Å². The first-order chi connectivity index (χ1) is 10.6. The third-order valence-electron chi connectivity index (χ3n) is 4.62. The quantitative estimate of drug-likeness (QED) is 0.703. The monoisotopic (exact) mass is 305 g/mol. The van der Waals surface area contributed by atoms with Crippen molar-refractivity contribution in [3.63, 3.8) is 0 Å². The number of hydrogen-bond donors (Lipinski definition) is 3. The van der Waals surface area contributed by atoms with Crippen LogP contribution in [0.25, 0.3) is 0 Å². The number of carbonyl (C=O) groups excluding carboxylic acids is 2. The zero-order chi connectivity index (χ0) is 15.5. The Morgan fingerprint density at radius 3 is 3.14 bits per heavy atom. The number of H-pyrrole nitrogens is 1. The van der Waals surface area contributed by atoms with E-state index >= 15 is 0 Å². The number of nitrogens with two attached hydrogens (primary N) is 1. The Hall–Kier alpha value is -1.89. The predicted molar refractivity (Wildman–Crippen MR) is 80.9 cm³/mol. The molecule has 0 bridgehead atoms. The standard InChI is InChI=1S/C15H23N5O2/c16-14(21)9-20-5-1-2-10(8-20)15(22)18-12-3-4-13-11(6-12)7-17-19-13/h7,10,12H,1-6,8-9H2,(H2,16,21)(H,17,19)(H,18,22). The van der Waals surface area contributed by atoms with Gasteiger partial charge in [0.05, 0.1) is 18.7 Å². The Morgan fingerprint density at radius 1 is 1.45 bits per heavy atom. The molecular formula is C15H23N5O2.